The number of amides is 1. The molecule has 2 atom stereocenters. The molecule has 1 amide bonds. The predicted molar refractivity (Wildman–Crippen MR) is 103 cm³/mol. The van der Waals surface area contributed by atoms with Crippen molar-refractivity contribution < 1.29 is 9.53 Å². The monoisotopic (exact) mass is 375 g/mol. The highest BCUT2D eigenvalue weighted by molar-refractivity contribution is 7.99. The van der Waals surface area contributed by atoms with Gasteiger partial charge in [0.15, 0.2) is 0 Å². The SMILES string of the molecule is CC(NC(=O)c1ccccc1SCC1CCCO1)c1cccc(Cl)c1. The summed E-state index contributed by atoms with van der Waals surface area (Å²) in [6, 6.07) is 15.2. The largest absolute Gasteiger partial charge is 0.377 e. The van der Waals surface area contributed by atoms with E-state index in [9.17, 15) is 4.79 Å². The van der Waals surface area contributed by atoms with Crippen LogP contribution < -0.4 is 5.32 Å². The summed E-state index contributed by atoms with van der Waals surface area (Å²) < 4.78 is 5.67. The third-order valence-corrected chi connectivity index (χ3v) is 5.72. The summed E-state index contributed by atoms with van der Waals surface area (Å²) in [6.45, 7) is 2.82. The Morgan fingerprint density at radius 3 is 2.92 bits per heavy atom. The molecule has 1 heterocycles. The molecule has 0 spiro atoms. The van der Waals surface area contributed by atoms with Crippen LogP contribution in [0.25, 0.3) is 0 Å². The second kappa shape index (κ2) is 8.75. The summed E-state index contributed by atoms with van der Waals surface area (Å²) in [5.74, 6) is 0.816. The highest BCUT2D eigenvalue weighted by atomic mass is 35.5. The molecular weight excluding hydrogens is 354 g/mol. The van der Waals surface area contributed by atoms with Crippen molar-refractivity contribution in [2.45, 2.75) is 36.8 Å². The molecule has 2 aromatic carbocycles. The van der Waals surface area contributed by atoms with E-state index in [-0.39, 0.29) is 11.9 Å². The summed E-state index contributed by atoms with van der Waals surface area (Å²) in [6.07, 6.45) is 2.53. The van der Waals surface area contributed by atoms with Crippen LogP contribution in [0.15, 0.2) is 53.4 Å². The van der Waals surface area contributed by atoms with Gasteiger partial charge in [-0.15, -0.1) is 11.8 Å². The number of nitrogens with one attached hydrogen (secondary N) is 1. The molecule has 1 N–H and O–H groups in total. The van der Waals surface area contributed by atoms with Gasteiger partial charge in [0.25, 0.3) is 5.91 Å². The van der Waals surface area contributed by atoms with Gasteiger partial charge in [-0.3, -0.25) is 4.79 Å². The lowest BCUT2D eigenvalue weighted by molar-refractivity contribution is 0.0936. The maximum atomic E-state index is 12.7. The Kier molecular flexibility index (Phi) is 6.40. The smallest absolute Gasteiger partial charge is 0.252 e. The van der Waals surface area contributed by atoms with Crippen LogP contribution >= 0.6 is 23.4 Å². The van der Waals surface area contributed by atoms with E-state index in [1.807, 2.05) is 55.5 Å². The normalized spacial score (nSPS) is 18.1. The Morgan fingerprint density at radius 2 is 2.16 bits per heavy atom. The first-order valence-corrected chi connectivity index (χ1v) is 9.89. The maximum Gasteiger partial charge on any atom is 0.252 e. The van der Waals surface area contributed by atoms with Gasteiger partial charge < -0.3 is 10.1 Å². The van der Waals surface area contributed by atoms with Crippen LogP contribution in [0.1, 0.15) is 41.7 Å². The topological polar surface area (TPSA) is 38.3 Å². The fraction of sp³-hybridized carbons (Fsp3) is 0.350. The van der Waals surface area contributed by atoms with Crippen LogP contribution in [0, 0.1) is 0 Å². The van der Waals surface area contributed by atoms with E-state index < -0.39 is 0 Å². The van der Waals surface area contributed by atoms with Gasteiger partial charge in [-0.2, -0.15) is 0 Å². The Labute approximate surface area is 158 Å². The van der Waals surface area contributed by atoms with Gasteiger partial charge in [0, 0.05) is 22.3 Å². The van der Waals surface area contributed by atoms with E-state index in [0.717, 1.165) is 35.7 Å². The second-order valence-electron chi connectivity index (χ2n) is 6.19. The molecule has 0 radical (unpaired) electrons. The number of rotatable bonds is 6. The third-order valence-electron chi connectivity index (χ3n) is 4.28. The van der Waals surface area contributed by atoms with E-state index in [1.165, 1.54) is 0 Å². The first-order valence-electron chi connectivity index (χ1n) is 8.53. The quantitative estimate of drug-likeness (QED) is 0.713. The van der Waals surface area contributed by atoms with E-state index in [1.54, 1.807) is 11.8 Å². The van der Waals surface area contributed by atoms with Crippen LogP contribution in [0.2, 0.25) is 5.02 Å². The number of ether oxygens (including phenoxy) is 1. The number of hydrogen-bond acceptors (Lipinski definition) is 3. The summed E-state index contributed by atoms with van der Waals surface area (Å²) in [7, 11) is 0. The van der Waals surface area contributed by atoms with Crippen molar-refractivity contribution in [1.82, 2.24) is 5.32 Å². The number of halogens is 1. The molecule has 0 bridgehead atoms. The zero-order valence-electron chi connectivity index (χ0n) is 14.2. The van der Waals surface area contributed by atoms with Crippen LogP contribution in [0.3, 0.4) is 0 Å². The molecule has 2 aromatic rings. The van der Waals surface area contributed by atoms with Crippen LogP contribution in [0.5, 0.6) is 0 Å². The number of carbonyl (C=O) groups excluding carboxylic acids is 1. The molecule has 0 saturated carbocycles. The molecule has 3 rings (SSSR count). The lowest BCUT2D eigenvalue weighted by atomic mass is 10.1. The molecule has 0 aromatic heterocycles. The number of hydrogen-bond donors (Lipinski definition) is 1. The Hall–Kier alpha value is -1.49. The van der Waals surface area contributed by atoms with Crippen molar-refractivity contribution in [3.63, 3.8) is 0 Å². The lowest BCUT2D eigenvalue weighted by Crippen LogP contribution is -2.27. The van der Waals surface area contributed by atoms with Gasteiger partial charge in [0.05, 0.1) is 17.7 Å². The Balaban J connectivity index is 1.66. The van der Waals surface area contributed by atoms with Crippen LogP contribution in [-0.2, 0) is 4.74 Å². The molecule has 5 heteroatoms. The van der Waals surface area contributed by atoms with Gasteiger partial charge >= 0.3 is 0 Å². The summed E-state index contributed by atoms with van der Waals surface area (Å²) in [5.41, 5.74) is 1.70. The fourth-order valence-electron chi connectivity index (χ4n) is 2.87. The second-order valence-corrected chi connectivity index (χ2v) is 7.69. The molecule has 1 saturated heterocycles. The van der Waals surface area contributed by atoms with Crippen molar-refractivity contribution in [2.24, 2.45) is 0 Å². The van der Waals surface area contributed by atoms with E-state index in [0.29, 0.717) is 16.7 Å². The van der Waals surface area contributed by atoms with Crippen LogP contribution in [-0.4, -0.2) is 24.4 Å². The minimum atomic E-state index is -0.109. The molecule has 132 valence electrons. The molecule has 0 aliphatic carbocycles. The van der Waals surface area contributed by atoms with E-state index in [4.69, 9.17) is 16.3 Å². The van der Waals surface area contributed by atoms with Gasteiger partial charge in [-0.1, -0.05) is 35.9 Å². The fourth-order valence-corrected chi connectivity index (χ4v) is 4.19. The highest BCUT2D eigenvalue weighted by Gasteiger charge is 2.19. The van der Waals surface area contributed by atoms with Crippen molar-refractivity contribution in [3.05, 3.63) is 64.7 Å². The minimum Gasteiger partial charge on any atom is -0.377 e. The predicted octanol–water partition coefficient (Wildman–Crippen LogP) is 5.10. The Morgan fingerprint density at radius 1 is 1.32 bits per heavy atom. The number of carbonyl (C=O) groups is 1. The molecule has 1 fully saturated rings. The summed E-state index contributed by atoms with van der Waals surface area (Å²) in [4.78, 5) is 13.7. The Bertz CT molecular complexity index is 731. The molecule has 2 unspecified atom stereocenters. The molecule has 1 aliphatic heterocycles. The molecular formula is C20H22ClNO2S. The zero-order chi connectivity index (χ0) is 17.6. The van der Waals surface area contributed by atoms with Gasteiger partial charge in [-0.25, -0.2) is 0 Å². The van der Waals surface area contributed by atoms with Crippen molar-refractivity contribution in [1.29, 1.82) is 0 Å². The summed E-state index contributed by atoms with van der Waals surface area (Å²) in [5, 5.41) is 3.74. The highest BCUT2D eigenvalue weighted by Crippen LogP contribution is 2.27. The third kappa shape index (κ3) is 5.00. The van der Waals surface area contributed by atoms with Crippen molar-refractivity contribution in [2.75, 3.05) is 12.4 Å². The van der Waals surface area contributed by atoms with Gasteiger partial charge in [0.2, 0.25) is 0 Å². The van der Waals surface area contributed by atoms with Crippen molar-refractivity contribution in [3.8, 4) is 0 Å². The zero-order valence-corrected chi connectivity index (χ0v) is 15.8. The summed E-state index contributed by atoms with van der Waals surface area (Å²) >= 11 is 7.73. The lowest BCUT2D eigenvalue weighted by Gasteiger charge is -2.17. The number of thioether (sulfide) groups is 1. The average molecular weight is 376 g/mol. The minimum absolute atomic E-state index is 0.0667. The molecule has 1 aliphatic rings. The average Bonchev–Trinajstić information content (AvgIpc) is 3.13. The standard InChI is InChI=1S/C20H22ClNO2S/c1-14(15-6-4-7-16(21)12-15)22-20(23)18-9-2-3-10-19(18)25-13-17-8-5-11-24-17/h2-4,6-7,9-10,12,14,17H,5,8,11,13H2,1H3,(H,22,23). The van der Waals surface area contributed by atoms with Crippen molar-refractivity contribution >= 4 is 29.3 Å². The number of benzene rings is 2. The molecule has 3 nitrogen and oxygen atoms in total. The van der Waals surface area contributed by atoms with E-state index in [2.05, 4.69) is 5.32 Å². The van der Waals surface area contributed by atoms with Gasteiger partial charge in [-0.05, 0) is 49.6 Å². The maximum absolute atomic E-state index is 12.7. The van der Waals surface area contributed by atoms with Gasteiger partial charge in [0.1, 0.15) is 0 Å². The van der Waals surface area contributed by atoms with E-state index >= 15 is 0 Å². The van der Waals surface area contributed by atoms with Crippen LogP contribution in [0.4, 0.5) is 0 Å². The first kappa shape index (κ1) is 18.3. The first-order chi connectivity index (χ1) is 12.1. The molecule has 25 heavy (non-hydrogen) atoms.